The van der Waals surface area contributed by atoms with E-state index in [9.17, 15) is 18.8 Å². The van der Waals surface area contributed by atoms with E-state index in [0.29, 0.717) is 11.3 Å². The number of nitriles is 1. The number of carbonyl (C=O) groups is 3. The molecule has 4 heterocycles. The number of fused-ring (bicyclic) bond motifs is 1. The number of rotatable bonds is 4. The average Bonchev–Trinajstić information content (AvgIpc) is 3.15. The number of nitrogens with one attached hydrogen (secondary N) is 1. The van der Waals surface area contributed by atoms with Gasteiger partial charge in [0.05, 0.1) is 0 Å². The third-order valence-corrected chi connectivity index (χ3v) is 7.03. The zero-order valence-corrected chi connectivity index (χ0v) is 18.6. The monoisotopic (exact) mass is 461 g/mol. The Bertz CT molecular complexity index is 1200. The van der Waals surface area contributed by atoms with Gasteiger partial charge in [-0.25, -0.2) is 9.37 Å². The average molecular weight is 461 g/mol. The van der Waals surface area contributed by atoms with Gasteiger partial charge < -0.3 is 4.90 Å². The van der Waals surface area contributed by atoms with Crippen LogP contribution in [-0.4, -0.2) is 51.6 Å². The molecule has 1 aromatic carbocycles. The topological polar surface area (TPSA) is 106 Å². The van der Waals surface area contributed by atoms with E-state index in [2.05, 4.69) is 15.2 Å². The van der Waals surface area contributed by atoms with Crippen molar-refractivity contribution in [2.75, 3.05) is 13.1 Å². The van der Waals surface area contributed by atoms with Crippen LogP contribution in [0.2, 0.25) is 0 Å². The number of pyridine rings is 1. The number of nitrogens with zero attached hydrogens (tertiary/aromatic N) is 4. The van der Waals surface area contributed by atoms with Crippen molar-refractivity contribution in [3.05, 3.63) is 64.2 Å². The number of piperidine rings is 2. The SMILES string of the molecule is N#Cc1ccc(CN2CCC(c3cc(F)cc4c3CN(C3CCC(=O)NC3=O)C4=O)CC2)cn1. The number of hydrogen-bond donors (Lipinski definition) is 1. The van der Waals surface area contributed by atoms with Gasteiger partial charge in [0.2, 0.25) is 11.8 Å². The van der Waals surface area contributed by atoms with Crippen molar-refractivity contribution >= 4 is 17.7 Å². The number of benzene rings is 1. The molecule has 3 aliphatic rings. The lowest BCUT2D eigenvalue weighted by Crippen LogP contribution is -2.52. The molecule has 0 saturated carbocycles. The first kappa shape index (κ1) is 22.2. The lowest BCUT2D eigenvalue weighted by atomic mass is 9.85. The molecule has 1 aromatic heterocycles. The number of likely N-dealkylation sites (tertiary alicyclic amines) is 1. The van der Waals surface area contributed by atoms with Crippen LogP contribution in [0.3, 0.4) is 0 Å². The molecular formula is C25H24FN5O3. The smallest absolute Gasteiger partial charge is 0.255 e. The lowest BCUT2D eigenvalue weighted by molar-refractivity contribution is -0.136. The Morgan fingerprint density at radius 2 is 1.94 bits per heavy atom. The summed E-state index contributed by atoms with van der Waals surface area (Å²) in [5, 5.41) is 11.2. The van der Waals surface area contributed by atoms with Crippen molar-refractivity contribution in [1.29, 1.82) is 5.26 Å². The molecular weight excluding hydrogens is 437 g/mol. The van der Waals surface area contributed by atoms with Gasteiger partial charge >= 0.3 is 0 Å². The van der Waals surface area contributed by atoms with Crippen LogP contribution in [0.1, 0.15) is 64.3 Å². The molecule has 0 aliphatic carbocycles. The third kappa shape index (κ3) is 4.17. The van der Waals surface area contributed by atoms with Crippen LogP contribution < -0.4 is 5.32 Å². The molecule has 0 bridgehead atoms. The van der Waals surface area contributed by atoms with Crippen LogP contribution >= 0.6 is 0 Å². The van der Waals surface area contributed by atoms with Crippen molar-refractivity contribution in [3.8, 4) is 6.07 Å². The summed E-state index contributed by atoms with van der Waals surface area (Å²) in [5.74, 6) is -1.48. The van der Waals surface area contributed by atoms with Gasteiger partial charge in [-0.05, 0) is 73.2 Å². The first-order valence-electron chi connectivity index (χ1n) is 11.5. The Morgan fingerprint density at radius 3 is 2.62 bits per heavy atom. The molecule has 5 rings (SSSR count). The van der Waals surface area contributed by atoms with Gasteiger partial charge in [-0.3, -0.25) is 24.6 Å². The molecule has 8 nitrogen and oxygen atoms in total. The maximum Gasteiger partial charge on any atom is 0.255 e. The van der Waals surface area contributed by atoms with E-state index < -0.39 is 17.8 Å². The van der Waals surface area contributed by atoms with E-state index in [1.165, 1.54) is 17.0 Å². The minimum Gasteiger partial charge on any atom is -0.322 e. The Labute approximate surface area is 196 Å². The number of amides is 3. The van der Waals surface area contributed by atoms with Gasteiger partial charge in [0.25, 0.3) is 5.91 Å². The van der Waals surface area contributed by atoms with E-state index >= 15 is 0 Å². The summed E-state index contributed by atoms with van der Waals surface area (Å²) in [5.41, 5.74) is 3.40. The largest absolute Gasteiger partial charge is 0.322 e. The molecule has 1 unspecified atom stereocenters. The standard InChI is InChI=1S/C25H24FN5O3/c26-17-9-19(16-5-7-30(8-6-16)13-15-1-2-18(11-27)28-12-15)21-14-31(25(34)20(21)10-17)22-3-4-23(32)29-24(22)33/h1-2,9-10,12,16,22H,3-8,13-14H2,(H,29,32,33). The molecule has 2 aromatic rings. The maximum atomic E-state index is 14.5. The zero-order valence-electron chi connectivity index (χ0n) is 18.6. The van der Waals surface area contributed by atoms with E-state index in [0.717, 1.165) is 49.2 Å². The third-order valence-electron chi connectivity index (χ3n) is 7.03. The number of aromatic nitrogens is 1. The first-order chi connectivity index (χ1) is 16.4. The molecule has 34 heavy (non-hydrogen) atoms. The van der Waals surface area contributed by atoms with Gasteiger partial charge in [0, 0.05) is 31.3 Å². The minimum atomic E-state index is -0.712. The normalized spacial score (nSPS) is 21.4. The fraction of sp³-hybridized carbons (Fsp3) is 0.400. The highest BCUT2D eigenvalue weighted by Crippen LogP contribution is 2.38. The molecule has 0 radical (unpaired) electrons. The second-order valence-electron chi connectivity index (χ2n) is 9.13. The number of hydrogen-bond acceptors (Lipinski definition) is 6. The van der Waals surface area contributed by atoms with Crippen LogP contribution in [-0.2, 0) is 22.7 Å². The molecule has 9 heteroatoms. The van der Waals surface area contributed by atoms with Crippen LogP contribution in [0, 0.1) is 17.1 Å². The predicted octanol–water partition coefficient (Wildman–Crippen LogP) is 2.23. The molecule has 0 spiro atoms. The molecule has 1 N–H and O–H groups in total. The van der Waals surface area contributed by atoms with Crippen molar-refractivity contribution in [2.24, 2.45) is 0 Å². The number of carbonyl (C=O) groups excluding carboxylic acids is 3. The minimum absolute atomic E-state index is 0.120. The molecule has 2 fully saturated rings. The highest BCUT2D eigenvalue weighted by Gasteiger charge is 2.41. The molecule has 174 valence electrons. The summed E-state index contributed by atoms with van der Waals surface area (Å²) in [7, 11) is 0. The summed E-state index contributed by atoms with van der Waals surface area (Å²) in [6.07, 6.45) is 3.84. The molecule has 3 aliphatic heterocycles. The van der Waals surface area contributed by atoms with E-state index in [1.807, 2.05) is 12.1 Å². The van der Waals surface area contributed by atoms with Crippen molar-refractivity contribution < 1.29 is 18.8 Å². The van der Waals surface area contributed by atoms with Crippen molar-refractivity contribution in [1.82, 2.24) is 20.1 Å². The summed E-state index contributed by atoms with van der Waals surface area (Å²) in [6.45, 7) is 2.63. The van der Waals surface area contributed by atoms with Gasteiger partial charge in [0.1, 0.15) is 23.6 Å². The van der Waals surface area contributed by atoms with Crippen LogP contribution in [0.4, 0.5) is 4.39 Å². The van der Waals surface area contributed by atoms with Gasteiger partial charge in [0.15, 0.2) is 0 Å². The summed E-state index contributed by atoms with van der Waals surface area (Å²) >= 11 is 0. The highest BCUT2D eigenvalue weighted by atomic mass is 19.1. The number of imide groups is 1. The van der Waals surface area contributed by atoms with Crippen molar-refractivity contribution in [2.45, 2.75) is 50.7 Å². The lowest BCUT2D eigenvalue weighted by Gasteiger charge is -2.33. The van der Waals surface area contributed by atoms with Crippen LogP contribution in [0.15, 0.2) is 30.5 Å². The van der Waals surface area contributed by atoms with Gasteiger partial charge in [-0.15, -0.1) is 0 Å². The second-order valence-corrected chi connectivity index (χ2v) is 9.13. The predicted molar refractivity (Wildman–Crippen MR) is 119 cm³/mol. The fourth-order valence-electron chi connectivity index (χ4n) is 5.26. The fourth-order valence-corrected chi connectivity index (χ4v) is 5.26. The highest BCUT2D eigenvalue weighted by molar-refractivity contribution is 6.05. The van der Waals surface area contributed by atoms with Crippen molar-refractivity contribution in [3.63, 3.8) is 0 Å². The van der Waals surface area contributed by atoms with E-state index in [1.54, 1.807) is 12.3 Å². The number of halogens is 1. The van der Waals surface area contributed by atoms with E-state index in [4.69, 9.17) is 5.26 Å². The molecule has 1 atom stereocenters. The summed E-state index contributed by atoms with van der Waals surface area (Å²) in [6, 6.07) is 7.72. The Hall–Kier alpha value is -3.64. The Kier molecular flexibility index (Phi) is 5.84. The Morgan fingerprint density at radius 1 is 1.15 bits per heavy atom. The quantitative estimate of drug-likeness (QED) is 0.700. The van der Waals surface area contributed by atoms with Crippen LogP contribution in [0.5, 0.6) is 0 Å². The van der Waals surface area contributed by atoms with Crippen LogP contribution in [0.25, 0.3) is 0 Å². The summed E-state index contributed by atoms with van der Waals surface area (Å²) in [4.78, 5) is 44.8. The second kappa shape index (κ2) is 8.95. The molecule has 3 amide bonds. The van der Waals surface area contributed by atoms with E-state index in [-0.39, 0.29) is 37.1 Å². The summed E-state index contributed by atoms with van der Waals surface area (Å²) < 4.78 is 14.5. The molecule has 2 saturated heterocycles. The van der Waals surface area contributed by atoms with Gasteiger partial charge in [-0.1, -0.05) is 6.07 Å². The Balaban J connectivity index is 1.29. The van der Waals surface area contributed by atoms with Gasteiger partial charge in [-0.2, -0.15) is 5.26 Å². The first-order valence-corrected chi connectivity index (χ1v) is 11.5. The maximum absolute atomic E-state index is 14.5. The zero-order chi connectivity index (χ0) is 23.8.